The van der Waals surface area contributed by atoms with E-state index in [2.05, 4.69) is 31.2 Å². The smallest absolute Gasteiger partial charge is 0.133 e. The van der Waals surface area contributed by atoms with Crippen LogP contribution < -0.4 is 0 Å². The topological polar surface area (TPSA) is 26.3 Å². The molecule has 1 aliphatic rings. The van der Waals surface area contributed by atoms with Crippen LogP contribution >= 0.6 is 0 Å². The van der Waals surface area contributed by atoms with Gasteiger partial charge in [-0.05, 0) is 50.9 Å². The van der Waals surface area contributed by atoms with Gasteiger partial charge in [0, 0.05) is 26.1 Å². The van der Waals surface area contributed by atoms with E-state index >= 15 is 0 Å². The number of ether oxygens (including phenoxy) is 1. The van der Waals surface area contributed by atoms with E-state index in [4.69, 9.17) is 4.74 Å². The summed E-state index contributed by atoms with van der Waals surface area (Å²) in [6, 6.07) is 0. The lowest BCUT2D eigenvalue weighted by molar-refractivity contribution is -0.120. The minimum atomic E-state index is 0.446. The molecule has 0 aliphatic carbocycles. The van der Waals surface area contributed by atoms with E-state index in [-0.39, 0.29) is 0 Å². The molecule has 1 saturated heterocycles. The van der Waals surface area contributed by atoms with Gasteiger partial charge in [0.05, 0.1) is 0 Å². The van der Waals surface area contributed by atoms with Crippen LogP contribution in [-0.4, -0.2) is 19.0 Å². The Hall–Kier alpha value is -0.890. The third-order valence-corrected chi connectivity index (χ3v) is 4.95. The average molecular weight is 349 g/mol. The quantitative estimate of drug-likeness (QED) is 0.226. The summed E-state index contributed by atoms with van der Waals surface area (Å²) in [5.74, 6) is 0.951. The monoisotopic (exact) mass is 348 g/mol. The molecule has 144 valence electrons. The largest absolute Gasteiger partial charge is 0.381 e. The number of hydrogen-bond acceptors (Lipinski definition) is 2. The van der Waals surface area contributed by atoms with Gasteiger partial charge >= 0.3 is 0 Å². The number of carbonyl (C=O) groups is 1. The van der Waals surface area contributed by atoms with Crippen molar-refractivity contribution in [2.75, 3.05) is 13.2 Å². The Labute approximate surface area is 156 Å². The van der Waals surface area contributed by atoms with Crippen LogP contribution in [0, 0.1) is 5.92 Å². The highest BCUT2D eigenvalue weighted by atomic mass is 16.5. The third kappa shape index (κ3) is 14.0. The Morgan fingerprint density at radius 1 is 0.920 bits per heavy atom. The molecule has 0 aromatic heterocycles. The molecule has 1 fully saturated rings. The molecular formula is C23H40O2. The van der Waals surface area contributed by atoms with Gasteiger partial charge in [-0.2, -0.15) is 0 Å². The highest BCUT2D eigenvalue weighted by Crippen LogP contribution is 2.18. The summed E-state index contributed by atoms with van der Waals surface area (Å²) in [4.78, 5) is 11.9. The number of carbonyl (C=O) groups excluding carboxylic acids is 1. The first kappa shape index (κ1) is 22.2. The van der Waals surface area contributed by atoms with E-state index < -0.39 is 0 Å². The lowest BCUT2D eigenvalue weighted by Gasteiger charge is -2.06. The molecule has 1 rings (SSSR count). The van der Waals surface area contributed by atoms with Crippen molar-refractivity contribution in [2.45, 2.75) is 96.8 Å². The van der Waals surface area contributed by atoms with Crippen molar-refractivity contribution >= 4 is 5.78 Å². The summed E-state index contributed by atoms with van der Waals surface area (Å²) >= 11 is 0. The van der Waals surface area contributed by atoms with Gasteiger partial charge in [-0.25, -0.2) is 0 Å². The number of unbranched alkanes of at least 4 members (excludes halogenated alkanes) is 8. The summed E-state index contributed by atoms with van der Waals surface area (Å²) in [5, 5.41) is 0. The van der Waals surface area contributed by atoms with Crippen LogP contribution in [0.15, 0.2) is 24.3 Å². The van der Waals surface area contributed by atoms with Gasteiger partial charge in [-0.3, -0.25) is 4.79 Å². The lowest BCUT2D eigenvalue weighted by Crippen LogP contribution is -2.08. The Morgan fingerprint density at radius 2 is 1.60 bits per heavy atom. The second-order valence-corrected chi connectivity index (χ2v) is 7.45. The lowest BCUT2D eigenvalue weighted by atomic mass is 9.98. The second-order valence-electron chi connectivity index (χ2n) is 7.45. The third-order valence-electron chi connectivity index (χ3n) is 4.95. The van der Waals surface area contributed by atoms with Crippen LogP contribution in [0.25, 0.3) is 0 Å². The van der Waals surface area contributed by atoms with Gasteiger partial charge in [0.1, 0.15) is 5.78 Å². The number of rotatable bonds is 16. The first-order chi connectivity index (χ1) is 12.3. The molecule has 1 aliphatic heterocycles. The molecule has 0 radical (unpaired) electrons. The van der Waals surface area contributed by atoms with Crippen LogP contribution in [-0.2, 0) is 9.53 Å². The van der Waals surface area contributed by atoms with E-state index in [9.17, 15) is 4.79 Å². The van der Waals surface area contributed by atoms with E-state index in [0.717, 1.165) is 45.3 Å². The maximum absolute atomic E-state index is 11.9. The molecule has 1 atom stereocenters. The van der Waals surface area contributed by atoms with Gasteiger partial charge in [0.2, 0.25) is 0 Å². The molecule has 2 heteroatoms. The van der Waals surface area contributed by atoms with Gasteiger partial charge in [0.15, 0.2) is 0 Å². The SMILES string of the molecule is CCCCC/C=C\C/C=C\CCCCCCCC(=O)C[C@@H]1CCOC1. The summed E-state index contributed by atoms with van der Waals surface area (Å²) in [7, 11) is 0. The zero-order chi connectivity index (χ0) is 18.0. The fourth-order valence-electron chi connectivity index (χ4n) is 3.30. The van der Waals surface area contributed by atoms with Crippen molar-refractivity contribution in [3.8, 4) is 0 Å². The summed E-state index contributed by atoms with van der Waals surface area (Å²) in [5.41, 5.74) is 0. The second kappa shape index (κ2) is 16.6. The first-order valence-electron chi connectivity index (χ1n) is 10.7. The molecule has 0 spiro atoms. The predicted octanol–water partition coefficient (Wildman–Crippen LogP) is 6.80. The van der Waals surface area contributed by atoms with Crippen LogP contribution in [0.2, 0.25) is 0 Å². The van der Waals surface area contributed by atoms with Crippen molar-refractivity contribution in [3.05, 3.63) is 24.3 Å². The van der Waals surface area contributed by atoms with E-state index in [1.54, 1.807) is 0 Å². The Balaban J connectivity index is 1.80. The molecule has 0 aromatic carbocycles. The van der Waals surface area contributed by atoms with Gasteiger partial charge in [-0.1, -0.05) is 63.3 Å². The van der Waals surface area contributed by atoms with Crippen LogP contribution in [0.5, 0.6) is 0 Å². The van der Waals surface area contributed by atoms with E-state index in [1.165, 1.54) is 57.8 Å². The molecule has 1 heterocycles. The molecule has 0 unspecified atom stereocenters. The van der Waals surface area contributed by atoms with Crippen LogP contribution in [0.1, 0.15) is 96.8 Å². The standard InChI is InChI=1S/C23H40O2/c1-2-3-4-5-6-7-8-9-10-11-12-13-14-15-16-17-23(24)20-22-18-19-25-21-22/h6-7,9-10,22H,2-5,8,11-21H2,1H3/b7-6-,10-9-/t22-/m0/s1. The van der Waals surface area contributed by atoms with E-state index in [0.29, 0.717) is 11.7 Å². The number of hydrogen-bond donors (Lipinski definition) is 0. The number of ketones is 1. The number of Topliss-reactive ketones (excluding diaryl/α,β-unsaturated/α-hetero) is 1. The minimum absolute atomic E-state index is 0.446. The highest BCUT2D eigenvalue weighted by molar-refractivity contribution is 5.78. The molecule has 2 nitrogen and oxygen atoms in total. The van der Waals surface area contributed by atoms with Gasteiger partial charge in [-0.15, -0.1) is 0 Å². The number of allylic oxidation sites excluding steroid dienone is 4. The molecule has 0 N–H and O–H groups in total. The average Bonchev–Trinajstić information content (AvgIpc) is 3.11. The summed E-state index contributed by atoms with van der Waals surface area (Å²) in [6.07, 6.45) is 25.5. The van der Waals surface area contributed by atoms with Gasteiger partial charge in [0.25, 0.3) is 0 Å². The van der Waals surface area contributed by atoms with Crippen molar-refractivity contribution in [1.82, 2.24) is 0 Å². The maximum Gasteiger partial charge on any atom is 0.133 e. The molecule has 25 heavy (non-hydrogen) atoms. The van der Waals surface area contributed by atoms with Crippen molar-refractivity contribution < 1.29 is 9.53 Å². The molecule has 0 amide bonds. The first-order valence-corrected chi connectivity index (χ1v) is 10.7. The highest BCUT2D eigenvalue weighted by Gasteiger charge is 2.18. The Kier molecular flexibility index (Phi) is 14.7. The minimum Gasteiger partial charge on any atom is -0.381 e. The predicted molar refractivity (Wildman–Crippen MR) is 108 cm³/mol. The fourth-order valence-corrected chi connectivity index (χ4v) is 3.30. The normalized spacial score (nSPS) is 17.9. The van der Waals surface area contributed by atoms with Crippen molar-refractivity contribution in [2.24, 2.45) is 5.92 Å². The Bertz CT molecular complexity index is 364. The summed E-state index contributed by atoms with van der Waals surface area (Å²) < 4.78 is 5.33. The zero-order valence-corrected chi connectivity index (χ0v) is 16.5. The van der Waals surface area contributed by atoms with Crippen molar-refractivity contribution in [1.29, 1.82) is 0 Å². The van der Waals surface area contributed by atoms with Gasteiger partial charge < -0.3 is 4.74 Å². The van der Waals surface area contributed by atoms with Crippen LogP contribution in [0.4, 0.5) is 0 Å². The maximum atomic E-state index is 11.9. The molecule has 0 aromatic rings. The molecule has 0 saturated carbocycles. The Morgan fingerprint density at radius 3 is 2.28 bits per heavy atom. The van der Waals surface area contributed by atoms with E-state index in [1.807, 2.05) is 0 Å². The molecular weight excluding hydrogens is 308 g/mol. The fraction of sp³-hybridized carbons (Fsp3) is 0.783. The zero-order valence-electron chi connectivity index (χ0n) is 16.5. The summed E-state index contributed by atoms with van der Waals surface area (Å²) in [6.45, 7) is 3.90. The molecule has 0 bridgehead atoms. The van der Waals surface area contributed by atoms with Crippen molar-refractivity contribution in [3.63, 3.8) is 0 Å². The van der Waals surface area contributed by atoms with Crippen LogP contribution in [0.3, 0.4) is 0 Å².